The third kappa shape index (κ3) is 2.80. The number of pyridine rings is 1. The third-order valence-electron chi connectivity index (χ3n) is 1.67. The Labute approximate surface area is 100 Å². The molecule has 1 heterocycles. The Balaban J connectivity index is 3.18. The van der Waals surface area contributed by atoms with Crippen LogP contribution in [0.1, 0.15) is 29.4 Å². The number of ether oxygens (including phenoxy) is 1. The summed E-state index contributed by atoms with van der Waals surface area (Å²) in [6, 6.07) is 0.872. The molecule has 0 aliphatic carbocycles. The molecular formula is C9H7Cl2F2NO2. The van der Waals surface area contributed by atoms with Crippen molar-refractivity contribution >= 4 is 29.2 Å². The first kappa shape index (κ1) is 13.1. The van der Waals surface area contributed by atoms with Crippen LogP contribution in [-0.2, 0) is 4.74 Å². The molecule has 0 saturated carbocycles. The van der Waals surface area contributed by atoms with Gasteiger partial charge in [-0.1, -0.05) is 23.2 Å². The first-order valence-electron chi connectivity index (χ1n) is 4.28. The predicted octanol–water partition coefficient (Wildman–Crippen LogP) is 3.50. The van der Waals surface area contributed by atoms with Crippen LogP contribution in [0.3, 0.4) is 0 Å². The van der Waals surface area contributed by atoms with Crippen molar-refractivity contribution in [1.29, 1.82) is 0 Å². The van der Waals surface area contributed by atoms with Crippen molar-refractivity contribution in [3.63, 3.8) is 0 Å². The molecule has 1 aromatic heterocycles. The normalized spacial score (nSPS) is 10.6. The van der Waals surface area contributed by atoms with Gasteiger partial charge in [-0.05, 0) is 13.0 Å². The van der Waals surface area contributed by atoms with Crippen LogP contribution < -0.4 is 0 Å². The van der Waals surface area contributed by atoms with E-state index in [1.54, 1.807) is 6.92 Å². The molecule has 0 amide bonds. The molecular weight excluding hydrogens is 263 g/mol. The van der Waals surface area contributed by atoms with Gasteiger partial charge in [0.15, 0.2) is 5.69 Å². The fourth-order valence-electron chi connectivity index (χ4n) is 0.985. The van der Waals surface area contributed by atoms with E-state index in [-0.39, 0.29) is 22.5 Å². The molecule has 0 saturated heterocycles. The quantitative estimate of drug-likeness (QED) is 0.623. The maximum atomic E-state index is 12.5. The summed E-state index contributed by atoms with van der Waals surface area (Å²) in [6.07, 6.45) is -2.83. The van der Waals surface area contributed by atoms with Crippen LogP contribution in [0.25, 0.3) is 0 Å². The summed E-state index contributed by atoms with van der Waals surface area (Å²) >= 11 is 11.0. The summed E-state index contributed by atoms with van der Waals surface area (Å²) in [5.74, 6) is -0.817. The zero-order valence-corrected chi connectivity index (χ0v) is 9.65. The molecule has 7 heteroatoms. The average molecular weight is 270 g/mol. The number of carbonyl (C=O) groups excluding carboxylic acids is 1. The van der Waals surface area contributed by atoms with E-state index < -0.39 is 18.0 Å². The van der Waals surface area contributed by atoms with Gasteiger partial charge in [-0.15, -0.1) is 0 Å². The third-order valence-corrected chi connectivity index (χ3v) is 2.43. The highest BCUT2D eigenvalue weighted by Crippen LogP contribution is 2.32. The lowest BCUT2D eigenvalue weighted by molar-refractivity contribution is 0.0519. The number of aromatic nitrogens is 1. The van der Waals surface area contributed by atoms with E-state index in [2.05, 4.69) is 9.72 Å². The van der Waals surface area contributed by atoms with Gasteiger partial charge in [0, 0.05) is 5.56 Å². The molecule has 0 N–H and O–H groups in total. The van der Waals surface area contributed by atoms with Crippen molar-refractivity contribution < 1.29 is 18.3 Å². The number of carbonyl (C=O) groups is 1. The monoisotopic (exact) mass is 269 g/mol. The van der Waals surface area contributed by atoms with Crippen molar-refractivity contribution in [1.82, 2.24) is 4.98 Å². The fraction of sp³-hybridized carbons (Fsp3) is 0.333. The van der Waals surface area contributed by atoms with Crippen LogP contribution in [0.15, 0.2) is 6.07 Å². The van der Waals surface area contributed by atoms with Crippen LogP contribution in [0.2, 0.25) is 10.2 Å². The molecule has 0 radical (unpaired) electrons. The lowest BCUT2D eigenvalue weighted by Crippen LogP contribution is -2.08. The Morgan fingerprint density at radius 2 is 2.19 bits per heavy atom. The highest BCUT2D eigenvalue weighted by molar-refractivity contribution is 6.41. The summed E-state index contributed by atoms with van der Waals surface area (Å²) in [5.41, 5.74) is -0.823. The van der Waals surface area contributed by atoms with Crippen LogP contribution in [-0.4, -0.2) is 17.6 Å². The van der Waals surface area contributed by atoms with Crippen LogP contribution in [0.5, 0.6) is 0 Å². The highest BCUT2D eigenvalue weighted by Gasteiger charge is 2.20. The summed E-state index contributed by atoms with van der Waals surface area (Å²) in [5, 5.41) is -0.702. The second-order valence-corrected chi connectivity index (χ2v) is 3.46. The SMILES string of the molecule is CCOC(=O)c1cc(C(F)F)c(Cl)c(Cl)n1. The second kappa shape index (κ2) is 5.41. The van der Waals surface area contributed by atoms with Gasteiger partial charge in [0.2, 0.25) is 0 Å². The molecule has 0 fully saturated rings. The van der Waals surface area contributed by atoms with Gasteiger partial charge >= 0.3 is 5.97 Å². The summed E-state index contributed by atoms with van der Waals surface area (Å²) < 4.78 is 29.6. The highest BCUT2D eigenvalue weighted by atomic mass is 35.5. The lowest BCUT2D eigenvalue weighted by Gasteiger charge is -2.07. The Kier molecular flexibility index (Phi) is 4.44. The van der Waals surface area contributed by atoms with Crippen molar-refractivity contribution in [2.75, 3.05) is 6.61 Å². The number of hydrogen-bond donors (Lipinski definition) is 0. The number of alkyl halides is 2. The van der Waals surface area contributed by atoms with Crippen LogP contribution >= 0.6 is 23.2 Å². The van der Waals surface area contributed by atoms with Gasteiger partial charge in [0.25, 0.3) is 6.43 Å². The summed E-state index contributed by atoms with van der Waals surface area (Å²) in [4.78, 5) is 14.8. The van der Waals surface area contributed by atoms with Crippen molar-refractivity contribution in [2.45, 2.75) is 13.3 Å². The van der Waals surface area contributed by atoms with Gasteiger partial charge < -0.3 is 4.74 Å². The molecule has 3 nitrogen and oxygen atoms in total. The lowest BCUT2D eigenvalue weighted by atomic mass is 10.2. The molecule has 0 aliphatic heterocycles. The maximum absolute atomic E-state index is 12.5. The molecule has 1 aromatic rings. The Morgan fingerprint density at radius 3 is 2.69 bits per heavy atom. The van der Waals surface area contributed by atoms with E-state index in [0.29, 0.717) is 0 Å². The fourth-order valence-corrected chi connectivity index (χ4v) is 1.36. The number of nitrogens with zero attached hydrogens (tertiary/aromatic N) is 1. The zero-order chi connectivity index (χ0) is 12.3. The van der Waals surface area contributed by atoms with Gasteiger partial charge in [-0.25, -0.2) is 18.6 Å². The van der Waals surface area contributed by atoms with E-state index in [4.69, 9.17) is 23.2 Å². The number of rotatable bonds is 3. The van der Waals surface area contributed by atoms with Crippen molar-refractivity contribution in [3.8, 4) is 0 Å². The number of esters is 1. The summed E-state index contributed by atoms with van der Waals surface area (Å²) in [6.45, 7) is 1.70. The van der Waals surface area contributed by atoms with Crippen molar-refractivity contribution in [2.24, 2.45) is 0 Å². The smallest absolute Gasteiger partial charge is 0.356 e. The Morgan fingerprint density at radius 1 is 1.56 bits per heavy atom. The van der Waals surface area contributed by atoms with Gasteiger partial charge in [-0.2, -0.15) is 0 Å². The van der Waals surface area contributed by atoms with E-state index in [1.807, 2.05) is 0 Å². The minimum absolute atomic E-state index is 0.116. The Bertz CT molecular complexity index is 413. The molecule has 0 atom stereocenters. The number of hydrogen-bond acceptors (Lipinski definition) is 3. The molecule has 0 bridgehead atoms. The second-order valence-electron chi connectivity index (χ2n) is 2.72. The van der Waals surface area contributed by atoms with E-state index in [9.17, 15) is 13.6 Å². The summed E-state index contributed by atoms with van der Waals surface area (Å²) in [7, 11) is 0. The molecule has 0 spiro atoms. The van der Waals surface area contributed by atoms with E-state index in [1.165, 1.54) is 0 Å². The minimum Gasteiger partial charge on any atom is -0.461 e. The maximum Gasteiger partial charge on any atom is 0.356 e. The molecule has 1 rings (SSSR count). The zero-order valence-electron chi connectivity index (χ0n) is 8.14. The topological polar surface area (TPSA) is 39.2 Å². The predicted molar refractivity (Wildman–Crippen MR) is 55.2 cm³/mol. The number of halogens is 4. The van der Waals surface area contributed by atoms with Gasteiger partial charge in [-0.3, -0.25) is 0 Å². The van der Waals surface area contributed by atoms with Gasteiger partial charge in [0.05, 0.1) is 11.6 Å². The molecule has 0 unspecified atom stereocenters. The minimum atomic E-state index is -2.83. The standard InChI is InChI=1S/C9H7Cl2F2NO2/c1-2-16-9(15)5-3-4(8(12)13)6(10)7(11)14-5/h3,8H,2H2,1H3. The molecule has 88 valence electrons. The van der Waals surface area contributed by atoms with Crippen LogP contribution in [0.4, 0.5) is 8.78 Å². The average Bonchev–Trinajstić information content (AvgIpc) is 2.21. The Hall–Kier alpha value is -0.940. The first-order chi connectivity index (χ1) is 7.47. The van der Waals surface area contributed by atoms with E-state index >= 15 is 0 Å². The first-order valence-corrected chi connectivity index (χ1v) is 5.04. The molecule has 16 heavy (non-hydrogen) atoms. The van der Waals surface area contributed by atoms with Crippen molar-refractivity contribution in [3.05, 3.63) is 27.5 Å². The molecule has 0 aromatic carbocycles. The largest absolute Gasteiger partial charge is 0.461 e. The van der Waals surface area contributed by atoms with Crippen LogP contribution in [0, 0.1) is 0 Å². The van der Waals surface area contributed by atoms with E-state index in [0.717, 1.165) is 6.07 Å². The molecule has 0 aliphatic rings. The van der Waals surface area contributed by atoms with Gasteiger partial charge in [0.1, 0.15) is 5.15 Å².